The minimum atomic E-state index is -0.785. The van der Waals surface area contributed by atoms with Crippen LogP contribution >= 0.6 is 11.6 Å². The maximum absolute atomic E-state index is 12.1. The SMILES string of the molecule is Cc1cc(O[C@@H](C)C(=O)Nc2ccccc2Cl)ccc1[N+](=O)[O-]. The predicted octanol–water partition coefficient (Wildman–Crippen LogP) is 3.96. The van der Waals surface area contributed by atoms with Gasteiger partial charge in [0.15, 0.2) is 6.10 Å². The van der Waals surface area contributed by atoms with Crippen molar-refractivity contribution in [1.29, 1.82) is 0 Å². The molecule has 0 aliphatic rings. The third-order valence-corrected chi connectivity index (χ3v) is 3.51. The summed E-state index contributed by atoms with van der Waals surface area (Å²) in [6.07, 6.45) is -0.785. The number of benzene rings is 2. The first kappa shape index (κ1) is 16.8. The van der Waals surface area contributed by atoms with E-state index in [2.05, 4.69) is 5.32 Å². The molecule has 1 N–H and O–H groups in total. The van der Waals surface area contributed by atoms with Crippen LogP contribution in [0.2, 0.25) is 5.02 Å². The number of carbonyl (C=O) groups excluding carboxylic acids is 1. The number of amides is 1. The molecular weight excluding hydrogens is 320 g/mol. The normalized spacial score (nSPS) is 11.6. The largest absolute Gasteiger partial charge is 0.481 e. The number of rotatable bonds is 5. The van der Waals surface area contributed by atoms with Gasteiger partial charge in [0.2, 0.25) is 0 Å². The van der Waals surface area contributed by atoms with Crippen LogP contribution in [-0.4, -0.2) is 16.9 Å². The van der Waals surface area contributed by atoms with Crippen molar-refractivity contribution in [3.8, 4) is 5.75 Å². The monoisotopic (exact) mass is 334 g/mol. The molecule has 0 fully saturated rings. The molecule has 7 heteroatoms. The lowest BCUT2D eigenvalue weighted by atomic mass is 10.2. The average molecular weight is 335 g/mol. The lowest BCUT2D eigenvalue weighted by Crippen LogP contribution is -2.30. The van der Waals surface area contributed by atoms with Crippen LogP contribution in [0.3, 0.4) is 0 Å². The van der Waals surface area contributed by atoms with Gasteiger partial charge in [-0.25, -0.2) is 0 Å². The van der Waals surface area contributed by atoms with Gasteiger partial charge in [0, 0.05) is 11.6 Å². The van der Waals surface area contributed by atoms with Gasteiger partial charge >= 0.3 is 0 Å². The van der Waals surface area contributed by atoms with Gasteiger partial charge in [-0.15, -0.1) is 0 Å². The van der Waals surface area contributed by atoms with Crippen LogP contribution in [0.5, 0.6) is 5.75 Å². The molecule has 1 atom stereocenters. The average Bonchev–Trinajstić information content (AvgIpc) is 2.49. The molecule has 0 aliphatic carbocycles. The van der Waals surface area contributed by atoms with Crippen LogP contribution in [0.1, 0.15) is 12.5 Å². The first-order valence-corrected chi connectivity index (χ1v) is 7.23. The van der Waals surface area contributed by atoms with Gasteiger partial charge in [-0.2, -0.15) is 0 Å². The number of nitrogens with one attached hydrogen (secondary N) is 1. The number of hydrogen-bond donors (Lipinski definition) is 1. The first-order chi connectivity index (χ1) is 10.9. The van der Waals surface area contributed by atoms with Crippen LogP contribution in [0, 0.1) is 17.0 Å². The van der Waals surface area contributed by atoms with Crippen molar-refractivity contribution in [2.45, 2.75) is 20.0 Å². The number of carbonyl (C=O) groups is 1. The number of aryl methyl sites for hydroxylation is 1. The number of anilines is 1. The molecule has 0 bridgehead atoms. The molecule has 0 radical (unpaired) electrons. The summed E-state index contributed by atoms with van der Waals surface area (Å²) in [4.78, 5) is 22.4. The Morgan fingerprint density at radius 2 is 2.00 bits per heavy atom. The highest BCUT2D eigenvalue weighted by molar-refractivity contribution is 6.33. The molecule has 2 rings (SSSR count). The van der Waals surface area contributed by atoms with Crippen LogP contribution in [0.25, 0.3) is 0 Å². The second-order valence-electron chi connectivity index (χ2n) is 4.93. The van der Waals surface area contributed by atoms with Crippen molar-refractivity contribution in [2.24, 2.45) is 0 Å². The van der Waals surface area contributed by atoms with Gasteiger partial charge < -0.3 is 10.1 Å². The zero-order chi connectivity index (χ0) is 17.0. The summed E-state index contributed by atoms with van der Waals surface area (Å²) in [5.41, 5.74) is 0.964. The molecule has 1 amide bonds. The minimum absolute atomic E-state index is 0.00511. The van der Waals surface area contributed by atoms with Crippen molar-refractivity contribution in [1.82, 2.24) is 0 Å². The molecular formula is C16H15ClN2O4. The molecule has 0 aromatic heterocycles. The van der Waals surface area contributed by atoms with Crippen LogP contribution in [0.4, 0.5) is 11.4 Å². The molecule has 2 aromatic carbocycles. The summed E-state index contributed by atoms with van der Waals surface area (Å²) in [5.74, 6) is 0.0176. The summed E-state index contributed by atoms with van der Waals surface area (Å²) in [7, 11) is 0. The number of ether oxygens (including phenoxy) is 1. The number of halogens is 1. The van der Waals surface area contributed by atoms with E-state index in [0.29, 0.717) is 22.0 Å². The molecule has 0 saturated carbocycles. The smallest absolute Gasteiger partial charge is 0.272 e. The number of hydrogen-bond acceptors (Lipinski definition) is 4. The molecule has 0 saturated heterocycles. The molecule has 0 aliphatic heterocycles. The standard InChI is InChI=1S/C16H15ClN2O4/c1-10-9-12(7-8-15(10)19(21)22)23-11(2)16(20)18-14-6-4-3-5-13(14)17/h3-9,11H,1-2H3,(H,18,20)/t11-/m0/s1. The topological polar surface area (TPSA) is 81.5 Å². The highest BCUT2D eigenvalue weighted by atomic mass is 35.5. The Balaban J connectivity index is 2.05. The Hall–Kier alpha value is -2.60. The quantitative estimate of drug-likeness (QED) is 0.662. The lowest BCUT2D eigenvalue weighted by molar-refractivity contribution is -0.385. The van der Waals surface area contributed by atoms with E-state index in [9.17, 15) is 14.9 Å². The van der Waals surface area contributed by atoms with Gasteiger partial charge in [-0.05, 0) is 38.1 Å². The summed E-state index contributed by atoms with van der Waals surface area (Å²) in [5, 5.41) is 13.9. The van der Waals surface area contributed by atoms with Crippen LogP contribution in [-0.2, 0) is 4.79 Å². The van der Waals surface area contributed by atoms with Crippen LogP contribution < -0.4 is 10.1 Å². The van der Waals surface area contributed by atoms with E-state index in [1.165, 1.54) is 18.2 Å². The highest BCUT2D eigenvalue weighted by Crippen LogP contribution is 2.24. The Kier molecular flexibility index (Phi) is 5.18. The van der Waals surface area contributed by atoms with E-state index >= 15 is 0 Å². The fraction of sp³-hybridized carbons (Fsp3) is 0.188. The van der Waals surface area contributed by atoms with Gasteiger partial charge in [-0.3, -0.25) is 14.9 Å². The Morgan fingerprint density at radius 3 is 2.61 bits per heavy atom. The number of para-hydroxylation sites is 1. The summed E-state index contributed by atoms with van der Waals surface area (Å²) < 4.78 is 5.53. The first-order valence-electron chi connectivity index (χ1n) is 6.85. The van der Waals surface area contributed by atoms with E-state index in [-0.39, 0.29) is 11.6 Å². The summed E-state index contributed by atoms with van der Waals surface area (Å²) in [6.45, 7) is 3.20. The molecule has 23 heavy (non-hydrogen) atoms. The molecule has 2 aromatic rings. The Labute approximate surface area is 138 Å². The third kappa shape index (κ3) is 4.20. The fourth-order valence-electron chi connectivity index (χ4n) is 1.96. The van der Waals surface area contributed by atoms with E-state index in [4.69, 9.17) is 16.3 Å². The van der Waals surface area contributed by atoms with Crippen molar-refractivity contribution in [3.05, 3.63) is 63.2 Å². The number of nitrogens with zero attached hydrogens (tertiary/aromatic N) is 1. The van der Waals surface area contributed by atoms with Crippen molar-refractivity contribution in [3.63, 3.8) is 0 Å². The number of nitro benzene ring substituents is 1. The van der Waals surface area contributed by atoms with Crippen molar-refractivity contribution < 1.29 is 14.5 Å². The van der Waals surface area contributed by atoms with E-state index in [1.807, 2.05) is 0 Å². The van der Waals surface area contributed by atoms with Gasteiger partial charge in [-0.1, -0.05) is 23.7 Å². The molecule has 6 nitrogen and oxygen atoms in total. The summed E-state index contributed by atoms with van der Waals surface area (Å²) in [6, 6.07) is 11.2. The van der Waals surface area contributed by atoms with Gasteiger partial charge in [0.25, 0.3) is 11.6 Å². The zero-order valence-corrected chi connectivity index (χ0v) is 13.3. The van der Waals surface area contributed by atoms with Crippen LogP contribution in [0.15, 0.2) is 42.5 Å². The second kappa shape index (κ2) is 7.11. The van der Waals surface area contributed by atoms with Gasteiger partial charge in [0.1, 0.15) is 5.75 Å². The highest BCUT2D eigenvalue weighted by Gasteiger charge is 2.17. The van der Waals surface area contributed by atoms with E-state index in [1.54, 1.807) is 38.1 Å². The van der Waals surface area contributed by atoms with E-state index < -0.39 is 11.0 Å². The molecule has 0 spiro atoms. The maximum Gasteiger partial charge on any atom is 0.272 e. The Morgan fingerprint density at radius 1 is 1.30 bits per heavy atom. The molecule has 120 valence electrons. The molecule has 0 heterocycles. The maximum atomic E-state index is 12.1. The predicted molar refractivity (Wildman–Crippen MR) is 88.0 cm³/mol. The second-order valence-corrected chi connectivity index (χ2v) is 5.34. The lowest BCUT2D eigenvalue weighted by Gasteiger charge is -2.15. The minimum Gasteiger partial charge on any atom is -0.481 e. The number of nitro groups is 1. The van der Waals surface area contributed by atoms with E-state index in [0.717, 1.165) is 0 Å². The third-order valence-electron chi connectivity index (χ3n) is 3.18. The summed E-state index contributed by atoms with van der Waals surface area (Å²) >= 11 is 5.98. The molecule has 0 unspecified atom stereocenters. The zero-order valence-electron chi connectivity index (χ0n) is 12.6. The Bertz CT molecular complexity index is 749. The van der Waals surface area contributed by atoms with Crippen molar-refractivity contribution in [2.75, 3.05) is 5.32 Å². The fourth-order valence-corrected chi connectivity index (χ4v) is 2.14. The van der Waals surface area contributed by atoms with Crippen molar-refractivity contribution >= 4 is 28.9 Å². The van der Waals surface area contributed by atoms with Gasteiger partial charge in [0.05, 0.1) is 15.6 Å².